The molecule has 0 fully saturated rings. The highest BCUT2D eigenvalue weighted by atomic mass is 16.5. The van der Waals surface area contributed by atoms with Crippen LogP contribution in [0.4, 0.5) is 0 Å². The van der Waals surface area contributed by atoms with Gasteiger partial charge in [0.05, 0.1) is 12.2 Å². The van der Waals surface area contributed by atoms with Crippen molar-refractivity contribution in [2.45, 2.75) is 78.4 Å². The summed E-state index contributed by atoms with van der Waals surface area (Å²) in [4.78, 5) is 29.1. The fraction of sp³-hybridized carbons (Fsp3) is 0.692. The summed E-state index contributed by atoms with van der Waals surface area (Å²) >= 11 is 0. The second kappa shape index (κ2) is 14.2. The zero-order valence-corrected chi connectivity index (χ0v) is 20.8. The molecule has 0 saturated carbocycles. The highest BCUT2D eigenvalue weighted by Gasteiger charge is 2.33. The number of carbonyl (C=O) groups is 2. The molecule has 0 bridgehead atoms. The van der Waals surface area contributed by atoms with E-state index in [9.17, 15) is 14.7 Å². The Bertz CT molecular complexity index is 742. The van der Waals surface area contributed by atoms with Crippen LogP contribution in [0.3, 0.4) is 0 Å². The van der Waals surface area contributed by atoms with Gasteiger partial charge in [0.15, 0.2) is 0 Å². The third-order valence-electron chi connectivity index (χ3n) is 6.01. The highest BCUT2D eigenvalue weighted by molar-refractivity contribution is 5.78. The van der Waals surface area contributed by atoms with Crippen molar-refractivity contribution in [3.63, 3.8) is 0 Å². The molecule has 1 N–H and O–H groups in total. The fourth-order valence-corrected chi connectivity index (χ4v) is 4.40. The van der Waals surface area contributed by atoms with Gasteiger partial charge in [0.1, 0.15) is 19.0 Å². The van der Waals surface area contributed by atoms with Gasteiger partial charge < -0.3 is 24.4 Å². The van der Waals surface area contributed by atoms with E-state index in [2.05, 4.69) is 27.7 Å². The normalized spacial score (nSPS) is 17.5. The van der Waals surface area contributed by atoms with E-state index in [1.807, 2.05) is 21.9 Å². The van der Waals surface area contributed by atoms with E-state index >= 15 is 0 Å². The zero-order valence-electron chi connectivity index (χ0n) is 20.8. The Kier molecular flexibility index (Phi) is 11.7. The lowest BCUT2D eigenvalue weighted by Crippen LogP contribution is -2.44. The maximum Gasteiger partial charge on any atom is 0.248 e. The molecule has 0 saturated heterocycles. The predicted octanol–water partition coefficient (Wildman–Crippen LogP) is 3.56. The van der Waals surface area contributed by atoms with Crippen LogP contribution in [0.1, 0.15) is 64.5 Å². The molecule has 0 aliphatic heterocycles. The number of aromatic hydroxyl groups is 1. The summed E-state index contributed by atoms with van der Waals surface area (Å²) in [6.45, 7) is 11.0. The molecule has 1 aliphatic carbocycles. The van der Waals surface area contributed by atoms with E-state index in [4.69, 9.17) is 9.47 Å². The van der Waals surface area contributed by atoms with Crippen LogP contribution >= 0.6 is 0 Å². The smallest absolute Gasteiger partial charge is 0.248 e. The minimum Gasteiger partial charge on any atom is -0.508 e. The Labute approximate surface area is 199 Å². The number of carbonyl (C=O) groups excluding carboxylic acids is 2. The quantitative estimate of drug-likeness (QED) is 0.457. The molecular formula is C26H42N2O5. The maximum atomic E-state index is 12.7. The van der Waals surface area contributed by atoms with Gasteiger partial charge in [-0.1, -0.05) is 39.8 Å². The molecule has 0 radical (unpaired) electrons. The number of hydrogen-bond acceptors (Lipinski definition) is 5. The summed E-state index contributed by atoms with van der Waals surface area (Å²) in [6.07, 6.45) is 3.83. The van der Waals surface area contributed by atoms with Crippen molar-refractivity contribution in [3.05, 3.63) is 29.3 Å². The van der Waals surface area contributed by atoms with E-state index in [-0.39, 0.29) is 36.9 Å². The summed E-state index contributed by atoms with van der Waals surface area (Å²) in [6, 6.07) is 5.46. The first-order valence-electron chi connectivity index (χ1n) is 12.5. The summed E-state index contributed by atoms with van der Waals surface area (Å²) in [5.74, 6) is 0.179. The largest absolute Gasteiger partial charge is 0.508 e. The monoisotopic (exact) mass is 462 g/mol. The average molecular weight is 463 g/mol. The molecule has 2 rings (SSSR count). The van der Waals surface area contributed by atoms with Gasteiger partial charge in [-0.2, -0.15) is 0 Å². The van der Waals surface area contributed by atoms with Crippen LogP contribution in [0.25, 0.3) is 0 Å². The molecule has 2 amide bonds. The van der Waals surface area contributed by atoms with Gasteiger partial charge >= 0.3 is 0 Å². The van der Waals surface area contributed by atoms with Crippen molar-refractivity contribution in [2.24, 2.45) is 0 Å². The molecule has 1 aromatic carbocycles. The highest BCUT2D eigenvalue weighted by Crippen LogP contribution is 2.31. The van der Waals surface area contributed by atoms with Crippen molar-refractivity contribution in [1.82, 2.24) is 9.80 Å². The molecule has 0 unspecified atom stereocenters. The summed E-state index contributed by atoms with van der Waals surface area (Å²) in [7, 11) is 0. The molecular weight excluding hydrogens is 420 g/mol. The minimum absolute atomic E-state index is 0.00951. The van der Waals surface area contributed by atoms with Crippen LogP contribution < -0.4 is 0 Å². The number of benzene rings is 1. The van der Waals surface area contributed by atoms with E-state index in [1.54, 1.807) is 6.07 Å². The van der Waals surface area contributed by atoms with Crippen LogP contribution in [0.2, 0.25) is 0 Å². The van der Waals surface area contributed by atoms with Gasteiger partial charge in [0.25, 0.3) is 0 Å². The molecule has 1 aliphatic rings. The van der Waals surface area contributed by atoms with Crippen molar-refractivity contribution in [1.29, 1.82) is 0 Å². The van der Waals surface area contributed by atoms with Crippen molar-refractivity contribution >= 4 is 11.8 Å². The Morgan fingerprint density at radius 2 is 1.27 bits per heavy atom. The lowest BCUT2D eigenvalue weighted by atomic mass is 9.87. The van der Waals surface area contributed by atoms with Gasteiger partial charge in [-0.25, -0.2) is 0 Å². The number of amides is 2. The van der Waals surface area contributed by atoms with Crippen LogP contribution in [0.5, 0.6) is 5.75 Å². The predicted molar refractivity (Wildman–Crippen MR) is 129 cm³/mol. The second-order valence-electron chi connectivity index (χ2n) is 8.78. The van der Waals surface area contributed by atoms with Gasteiger partial charge in [0, 0.05) is 39.0 Å². The lowest BCUT2D eigenvalue weighted by Gasteiger charge is -2.34. The number of ether oxygens (including phenoxy) is 2. The summed E-state index contributed by atoms with van der Waals surface area (Å²) in [5, 5.41) is 10.3. The van der Waals surface area contributed by atoms with Crippen molar-refractivity contribution in [2.75, 3.05) is 39.4 Å². The number of rotatable bonds is 14. The van der Waals surface area contributed by atoms with Crippen LogP contribution in [-0.4, -0.2) is 78.3 Å². The molecule has 186 valence electrons. The number of fused-ring (bicyclic) bond motifs is 1. The fourth-order valence-electron chi connectivity index (χ4n) is 4.40. The molecule has 33 heavy (non-hydrogen) atoms. The Hall–Kier alpha value is -2.12. The molecule has 0 spiro atoms. The van der Waals surface area contributed by atoms with Gasteiger partial charge in [0.2, 0.25) is 11.8 Å². The second-order valence-corrected chi connectivity index (χ2v) is 8.78. The van der Waals surface area contributed by atoms with Gasteiger partial charge in [-0.3, -0.25) is 9.59 Å². The third-order valence-corrected chi connectivity index (χ3v) is 6.01. The number of hydrogen-bond donors (Lipinski definition) is 1. The zero-order chi connectivity index (χ0) is 24.2. The van der Waals surface area contributed by atoms with E-state index in [0.29, 0.717) is 25.9 Å². The summed E-state index contributed by atoms with van der Waals surface area (Å²) < 4.78 is 12.2. The minimum atomic E-state index is -0.404. The maximum absolute atomic E-state index is 12.7. The number of phenols is 1. The molecule has 0 aromatic heterocycles. The van der Waals surface area contributed by atoms with Crippen molar-refractivity contribution in [3.8, 4) is 5.75 Å². The first-order valence-corrected chi connectivity index (χ1v) is 12.5. The van der Waals surface area contributed by atoms with Gasteiger partial charge in [-0.15, -0.1) is 0 Å². The Morgan fingerprint density at radius 3 is 1.73 bits per heavy atom. The number of phenolic OH excluding ortho intramolecular Hbond substituents is 1. The van der Waals surface area contributed by atoms with Crippen LogP contribution in [-0.2, 0) is 31.9 Å². The SMILES string of the molecule is CCCN(CCC)C(=O)CO[C@H]1Cc2cccc(O)c2C[C@H]1OCC(=O)N(CCC)CCC. The first kappa shape index (κ1) is 27.1. The molecule has 2 atom stereocenters. The summed E-state index contributed by atoms with van der Waals surface area (Å²) in [5.41, 5.74) is 1.83. The lowest BCUT2D eigenvalue weighted by molar-refractivity contribution is -0.149. The van der Waals surface area contributed by atoms with E-state index < -0.39 is 6.10 Å². The molecule has 7 heteroatoms. The number of nitrogens with zero attached hydrogens (tertiary/aromatic N) is 2. The van der Waals surface area contributed by atoms with Crippen LogP contribution in [0, 0.1) is 0 Å². The standard InChI is InChI=1S/C26H42N2O5/c1-5-12-27(13-6-2)25(30)18-32-23-16-20-10-9-11-22(29)21(20)17-24(23)33-19-26(31)28(14-7-3)15-8-4/h9-11,23-24,29H,5-8,12-19H2,1-4H3/t23-,24+/m0/s1. The van der Waals surface area contributed by atoms with Gasteiger partial charge in [-0.05, 0) is 42.9 Å². The first-order chi connectivity index (χ1) is 15.9. The van der Waals surface area contributed by atoms with Crippen LogP contribution in [0.15, 0.2) is 18.2 Å². The van der Waals surface area contributed by atoms with Crippen molar-refractivity contribution < 1.29 is 24.2 Å². The third kappa shape index (κ3) is 8.00. The Morgan fingerprint density at radius 1 is 0.818 bits per heavy atom. The Balaban J connectivity index is 2.09. The average Bonchev–Trinajstić information content (AvgIpc) is 2.80. The topological polar surface area (TPSA) is 79.3 Å². The molecule has 7 nitrogen and oxygen atoms in total. The van der Waals surface area contributed by atoms with E-state index in [1.165, 1.54) is 0 Å². The molecule has 0 heterocycles. The van der Waals surface area contributed by atoms with E-state index in [0.717, 1.165) is 49.9 Å². The molecule has 1 aromatic rings.